The molecule has 4 heterocycles. The van der Waals surface area contributed by atoms with Gasteiger partial charge in [-0.25, -0.2) is 0 Å². The molecule has 1 aromatic rings. The van der Waals surface area contributed by atoms with Crippen LogP contribution < -0.4 is 4.90 Å². The summed E-state index contributed by atoms with van der Waals surface area (Å²) >= 11 is 6.11. The van der Waals surface area contributed by atoms with E-state index in [2.05, 4.69) is 0 Å². The van der Waals surface area contributed by atoms with E-state index in [1.54, 1.807) is 34.1 Å². The molecule has 0 saturated carbocycles. The number of carbonyl (C=O) groups is 3. The number of aliphatic hydroxyl groups is 1. The highest BCUT2D eigenvalue weighted by Crippen LogP contribution is 2.58. The average Bonchev–Trinajstić information content (AvgIpc) is 3.28. The molecule has 210 valence electrons. The molecule has 1 spiro atoms. The maximum atomic E-state index is 14.4. The average molecular weight is 557 g/mol. The van der Waals surface area contributed by atoms with Crippen molar-refractivity contribution in [3.63, 3.8) is 0 Å². The predicted molar refractivity (Wildman–Crippen MR) is 147 cm³/mol. The predicted octanol–water partition coefficient (Wildman–Crippen LogP) is 4.05. The summed E-state index contributed by atoms with van der Waals surface area (Å²) < 4.78 is 12.7. The zero-order chi connectivity index (χ0) is 27.6. The molecule has 2 saturated heterocycles. The molecule has 1 unspecified atom stereocenters. The molecule has 2 amide bonds. The third-order valence-electron chi connectivity index (χ3n) is 8.58. The Bertz CT molecular complexity index is 1150. The Balaban J connectivity index is 1.61. The second-order valence-corrected chi connectivity index (χ2v) is 11.3. The van der Waals surface area contributed by atoms with Crippen molar-refractivity contribution in [1.82, 2.24) is 4.90 Å². The smallest absolute Gasteiger partial charge is 0.313 e. The lowest BCUT2D eigenvalue weighted by Gasteiger charge is -2.38. The van der Waals surface area contributed by atoms with Gasteiger partial charge in [-0.3, -0.25) is 14.4 Å². The van der Waals surface area contributed by atoms with Gasteiger partial charge in [0.05, 0.1) is 12.5 Å². The van der Waals surface area contributed by atoms with Crippen LogP contribution in [0.4, 0.5) is 5.69 Å². The Morgan fingerprint density at radius 1 is 1.00 bits per heavy atom. The fourth-order valence-corrected chi connectivity index (χ4v) is 6.83. The summed E-state index contributed by atoms with van der Waals surface area (Å²) in [6.07, 6.45) is 12.6. The number of unbranched alkanes of at least 4 members (excludes halogenated alkanes) is 2. The highest BCUT2D eigenvalue weighted by atomic mass is 35.5. The minimum atomic E-state index is -1.32. The van der Waals surface area contributed by atoms with Crippen molar-refractivity contribution in [3.8, 4) is 0 Å². The Labute approximate surface area is 234 Å². The Kier molecular flexibility index (Phi) is 8.17. The van der Waals surface area contributed by atoms with Gasteiger partial charge in [-0.2, -0.15) is 0 Å². The molecule has 0 bridgehead atoms. The molecule has 39 heavy (non-hydrogen) atoms. The first-order valence-corrected chi connectivity index (χ1v) is 14.5. The van der Waals surface area contributed by atoms with Crippen LogP contribution >= 0.6 is 11.6 Å². The largest absolute Gasteiger partial charge is 0.465 e. The standard InChI is InChI=1S/C30H37ClN2O6/c1-2-29-15-6-3-4-9-20-38-28(37)24(29)23-26(35)33(17-7-5-8-19-34)25-27(36)32(18-10-16-30(23,25)39-29)22-13-11-21(31)12-14-22/h6,10-16,23-25,34H,2-5,7-9,17-20H2,1H3/b15-6-/t23-,24-,25?,29+,30-/m0/s1. The van der Waals surface area contributed by atoms with Crippen molar-refractivity contribution in [3.05, 3.63) is 53.6 Å². The second kappa shape index (κ2) is 11.4. The van der Waals surface area contributed by atoms with Crippen molar-refractivity contribution < 1.29 is 29.0 Å². The zero-order valence-electron chi connectivity index (χ0n) is 22.4. The second-order valence-electron chi connectivity index (χ2n) is 10.8. The van der Waals surface area contributed by atoms with Gasteiger partial charge >= 0.3 is 5.97 Å². The van der Waals surface area contributed by atoms with Crippen LogP contribution in [-0.4, -0.2) is 71.3 Å². The zero-order valence-corrected chi connectivity index (χ0v) is 23.1. The van der Waals surface area contributed by atoms with Crippen LogP contribution in [0.5, 0.6) is 0 Å². The van der Waals surface area contributed by atoms with E-state index in [-0.39, 0.29) is 18.4 Å². The lowest BCUT2D eigenvalue weighted by atomic mass is 9.73. The molecule has 8 nitrogen and oxygen atoms in total. The van der Waals surface area contributed by atoms with Crippen LogP contribution in [0, 0.1) is 11.8 Å². The van der Waals surface area contributed by atoms with Crippen LogP contribution in [0.15, 0.2) is 48.6 Å². The van der Waals surface area contributed by atoms with E-state index in [1.165, 1.54) is 0 Å². The minimum absolute atomic E-state index is 0.0678. The molecule has 0 aromatic heterocycles. The van der Waals surface area contributed by atoms with Crippen LogP contribution in [-0.2, 0) is 23.9 Å². The van der Waals surface area contributed by atoms with Crippen molar-refractivity contribution >= 4 is 35.1 Å². The SMILES string of the molecule is CC[C@@]12/C=C\CCCCOC(=O)[C@@H]1[C@H]1C(=O)N(CCCCCO)C3C(=O)N(c4ccc(Cl)cc4)CC=C[C@@]31O2. The van der Waals surface area contributed by atoms with E-state index < -0.39 is 35.0 Å². The number of amides is 2. The monoisotopic (exact) mass is 556 g/mol. The lowest BCUT2D eigenvalue weighted by Crippen LogP contribution is -2.56. The molecular formula is C30H37ClN2O6. The number of hydrogen-bond donors (Lipinski definition) is 1. The minimum Gasteiger partial charge on any atom is -0.465 e. The molecular weight excluding hydrogens is 520 g/mol. The van der Waals surface area contributed by atoms with Crippen LogP contribution in [0.25, 0.3) is 0 Å². The Morgan fingerprint density at radius 3 is 2.54 bits per heavy atom. The van der Waals surface area contributed by atoms with Gasteiger partial charge in [0.15, 0.2) is 0 Å². The number of cyclic esters (lactones) is 1. The molecule has 4 aliphatic rings. The number of fused-ring (bicyclic) bond motifs is 2. The molecule has 0 radical (unpaired) electrons. The van der Waals surface area contributed by atoms with Gasteiger partial charge in [-0.1, -0.05) is 42.8 Å². The van der Waals surface area contributed by atoms with E-state index in [1.807, 2.05) is 31.2 Å². The van der Waals surface area contributed by atoms with Crippen molar-refractivity contribution in [2.75, 3.05) is 31.2 Å². The first-order chi connectivity index (χ1) is 18.9. The van der Waals surface area contributed by atoms with Gasteiger partial charge in [-0.15, -0.1) is 0 Å². The van der Waals surface area contributed by atoms with Crippen LogP contribution in [0.3, 0.4) is 0 Å². The van der Waals surface area contributed by atoms with Crippen molar-refractivity contribution in [2.24, 2.45) is 11.8 Å². The number of esters is 1. The summed E-state index contributed by atoms with van der Waals surface area (Å²) in [6, 6.07) is 6.10. The number of benzene rings is 1. The molecule has 5 atom stereocenters. The maximum absolute atomic E-state index is 14.4. The van der Waals surface area contributed by atoms with Crippen LogP contribution in [0.1, 0.15) is 51.9 Å². The van der Waals surface area contributed by atoms with E-state index in [0.29, 0.717) is 56.1 Å². The first kappa shape index (κ1) is 27.9. The van der Waals surface area contributed by atoms with Gasteiger partial charge in [0.25, 0.3) is 5.91 Å². The molecule has 2 fully saturated rings. The number of carbonyl (C=O) groups excluding carboxylic acids is 3. The molecule has 0 aliphatic carbocycles. The molecule has 9 heteroatoms. The number of hydrogen-bond acceptors (Lipinski definition) is 6. The lowest BCUT2D eigenvalue weighted by molar-refractivity contribution is -0.160. The molecule has 5 rings (SSSR count). The topological polar surface area (TPSA) is 96.4 Å². The van der Waals surface area contributed by atoms with Gasteiger partial charge < -0.3 is 24.4 Å². The fraction of sp³-hybridized carbons (Fsp3) is 0.567. The Morgan fingerprint density at radius 2 is 1.79 bits per heavy atom. The summed E-state index contributed by atoms with van der Waals surface area (Å²) in [4.78, 5) is 45.7. The van der Waals surface area contributed by atoms with E-state index in [9.17, 15) is 19.5 Å². The number of allylic oxidation sites excluding steroid dienone is 1. The number of halogens is 1. The summed E-state index contributed by atoms with van der Waals surface area (Å²) in [7, 11) is 0. The summed E-state index contributed by atoms with van der Waals surface area (Å²) in [6.45, 7) is 2.94. The normalized spacial score (nSPS) is 33.3. The van der Waals surface area contributed by atoms with Gasteiger partial charge in [0, 0.05) is 30.4 Å². The first-order valence-electron chi connectivity index (χ1n) is 14.1. The summed E-state index contributed by atoms with van der Waals surface area (Å²) in [5.41, 5.74) is -1.70. The summed E-state index contributed by atoms with van der Waals surface area (Å²) in [5, 5.41) is 9.82. The van der Waals surface area contributed by atoms with Gasteiger partial charge in [0.1, 0.15) is 23.2 Å². The third-order valence-corrected chi connectivity index (χ3v) is 8.83. The van der Waals surface area contributed by atoms with Crippen LogP contribution in [0.2, 0.25) is 5.02 Å². The number of aliphatic hydroxyl groups excluding tert-OH is 1. The maximum Gasteiger partial charge on any atom is 0.313 e. The van der Waals surface area contributed by atoms with Gasteiger partial charge in [-0.05, 0) is 69.2 Å². The number of nitrogens with zero attached hydrogens (tertiary/aromatic N) is 2. The number of anilines is 1. The van der Waals surface area contributed by atoms with E-state index in [4.69, 9.17) is 21.1 Å². The van der Waals surface area contributed by atoms with E-state index >= 15 is 0 Å². The molecule has 1 N–H and O–H groups in total. The fourth-order valence-electron chi connectivity index (χ4n) is 6.70. The van der Waals surface area contributed by atoms with Crippen molar-refractivity contribution in [1.29, 1.82) is 0 Å². The van der Waals surface area contributed by atoms with Gasteiger partial charge in [0.2, 0.25) is 5.91 Å². The highest BCUT2D eigenvalue weighted by Gasteiger charge is 2.75. The highest BCUT2D eigenvalue weighted by molar-refractivity contribution is 6.30. The number of ether oxygens (including phenoxy) is 2. The third kappa shape index (κ3) is 4.81. The van der Waals surface area contributed by atoms with Crippen molar-refractivity contribution in [2.45, 2.75) is 69.1 Å². The number of rotatable bonds is 7. The number of likely N-dealkylation sites (tertiary alicyclic amines) is 1. The van der Waals surface area contributed by atoms with E-state index in [0.717, 1.165) is 19.3 Å². The molecule has 4 aliphatic heterocycles. The quantitative estimate of drug-likeness (QED) is 0.309. The summed E-state index contributed by atoms with van der Waals surface area (Å²) in [5.74, 6) is -2.72. The Hall–Kier alpha value is -2.68. The molecule has 1 aromatic carbocycles.